The van der Waals surface area contributed by atoms with Gasteiger partial charge in [0.1, 0.15) is 5.75 Å². The van der Waals surface area contributed by atoms with Crippen molar-refractivity contribution >= 4 is 11.6 Å². The average Bonchev–Trinajstić information content (AvgIpc) is 2.41. The summed E-state index contributed by atoms with van der Waals surface area (Å²) in [5.74, 6) is 1.17. The maximum Gasteiger partial charge on any atom is 0.219 e. The number of hydrogen-bond acceptors (Lipinski definition) is 3. The summed E-state index contributed by atoms with van der Waals surface area (Å²) in [6.45, 7) is 9.19. The molecule has 3 nitrogen and oxygen atoms in total. The molecule has 1 aromatic heterocycles. The Hall–Kier alpha value is -1.58. The van der Waals surface area contributed by atoms with E-state index in [-0.39, 0.29) is 5.54 Å². The summed E-state index contributed by atoms with van der Waals surface area (Å²) in [6.07, 6.45) is 1.82. The molecule has 0 bridgehead atoms. The largest absolute Gasteiger partial charge is 0.437 e. The molecular weight excluding hydrogens is 284 g/mol. The number of aromatic nitrogens is 1. The van der Waals surface area contributed by atoms with Crippen LogP contribution in [0.3, 0.4) is 0 Å². The van der Waals surface area contributed by atoms with Gasteiger partial charge in [-0.3, -0.25) is 0 Å². The second kappa shape index (κ2) is 6.46. The van der Waals surface area contributed by atoms with Crippen molar-refractivity contribution in [1.29, 1.82) is 0 Å². The number of pyridine rings is 1. The molecule has 1 heterocycles. The topological polar surface area (TPSA) is 34.1 Å². The molecule has 21 heavy (non-hydrogen) atoms. The van der Waals surface area contributed by atoms with E-state index in [1.807, 2.05) is 43.5 Å². The van der Waals surface area contributed by atoms with Crippen LogP contribution in [0, 0.1) is 6.92 Å². The van der Waals surface area contributed by atoms with Gasteiger partial charge < -0.3 is 10.1 Å². The molecule has 0 radical (unpaired) electrons. The molecule has 0 saturated carbocycles. The minimum absolute atomic E-state index is 0.0876. The van der Waals surface area contributed by atoms with Gasteiger partial charge in [-0.15, -0.1) is 0 Å². The number of aryl methyl sites for hydroxylation is 1. The highest BCUT2D eigenvalue weighted by atomic mass is 35.5. The first-order valence-corrected chi connectivity index (χ1v) is 7.35. The van der Waals surface area contributed by atoms with E-state index in [1.54, 1.807) is 0 Å². The smallest absolute Gasteiger partial charge is 0.219 e. The molecule has 1 aromatic carbocycles. The summed E-state index contributed by atoms with van der Waals surface area (Å²) in [4.78, 5) is 4.32. The van der Waals surface area contributed by atoms with Crippen molar-refractivity contribution in [2.24, 2.45) is 0 Å². The minimum Gasteiger partial charge on any atom is -0.437 e. The van der Waals surface area contributed by atoms with Crippen LogP contribution in [0.4, 0.5) is 0 Å². The van der Waals surface area contributed by atoms with Crippen LogP contribution in [-0.4, -0.2) is 10.5 Å². The molecule has 0 unspecified atom stereocenters. The van der Waals surface area contributed by atoms with Crippen LogP contribution in [0.15, 0.2) is 36.5 Å². The fraction of sp³-hybridized carbons (Fsp3) is 0.353. The zero-order valence-electron chi connectivity index (χ0n) is 12.9. The van der Waals surface area contributed by atoms with Gasteiger partial charge in [-0.05, 0) is 51.0 Å². The highest BCUT2D eigenvalue weighted by Crippen LogP contribution is 2.29. The van der Waals surface area contributed by atoms with Gasteiger partial charge in [0.15, 0.2) is 0 Å². The van der Waals surface area contributed by atoms with Crippen molar-refractivity contribution in [3.63, 3.8) is 0 Å². The third-order valence-electron chi connectivity index (χ3n) is 2.92. The summed E-state index contributed by atoms with van der Waals surface area (Å²) < 4.78 is 5.73. The summed E-state index contributed by atoms with van der Waals surface area (Å²) in [5, 5.41) is 4.01. The first-order chi connectivity index (χ1) is 9.83. The van der Waals surface area contributed by atoms with E-state index < -0.39 is 0 Å². The molecule has 0 aliphatic heterocycles. The summed E-state index contributed by atoms with van der Waals surface area (Å²) >= 11 is 6.11. The van der Waals surface area contributed by atoms with E-state index in [0.29, 0.717) is 16.7 Å². The van der Waals surface area contributed by atoms with Crippen molar-refractivity contribution in [3.05, 3.63) is 52.7 Å². The second-order valence-corrected chi connectivity index (χ2v) is 6.55. The van der Waals surface area contributed by atoms with E-state index >= 15 is 0 Å². The van der Waals surface area contributed by atoms with Crippen LogP contribution in [0.5, 0.6) is 11.6 Å². The molecule has 0 amide bonds. The molecule has 1 N–H and O–H groups in total. The van der Waals surface area contributed by atoms with Crippen molar-refractivity contribution in [1.82, 2.24) is 10.3 Å². The van der Waals surface area contributed by atoms with Gasteiger partial charge in [0.25, 0.3) is 0 Å². The van der Waals surface area contributed by atoms with E-state index in [1.165, 1.54) is 0 Å². The SMILES string of the molecule is Cc1ccc(Cl)c(Oc2ccc(CNC(C)(C)C)cn2)c1. The Morgan fingerprint density at radius 2 is 1.95 bits per heavy atom. The quantitative estimate of drug-likeness (QED) is 0.887. The Labute approximate surface area is 131 Å². The van der Waals surface area contributed by atoms with E-state index in [4.69, 9.17) is 16.3 Å². The Kier molecular flexibility index (Phi) is 4.86. The van der Waals surface area contributed by atoms with Crippen LogP contribution < -0.4 is 10.1 Å². The minimum atomic E-state index is 0.0876. The van der Waals surface area contributed by atoms with Crippen LogP contribution in [0.25, 0.3) is 0 Å². The van der Waals surface area contributed by atoms with E-state index in [0.717, 1.165) is 17.7 Å². The van der Waals surface area contributed by atoms with Crippen LogP contribution in [0.2, 0.25) is 5.02 Å². The lowest BCUT2D eigenvalue weighted by atomic mass is 10.1. The van der Waals surface area contributed by atoms with Gasteiger partial charge >= 0.3 is 0 Å². The van der Waals surface area contributed by atoms with Gasteiger partial charge in [-0.25, -0.2) is 4.98 Å². The first-order valence-electron chi connectivity index (χ1n) is 6.97. The molecule has 4 heteroatoms. The van der Waals surface area contributed by atoms with Gasteiger partial charge in [0, 0.05) is 24.3 Å². The standard InChI is InChI=1S/C17H21ClN2O/c1-12-5-7-14(18)15(9-12)21-16-8-6-13(10-19-16)11-20-17(2,3)4/h5-10,20H,11H2,1-4H3. The zero-order valence-corrected chi connectivity index (χ0v) is 13.7. The number of ether oxygens (including phenoxy) is 1. The maximum absolute atomic E-state index is 6.11. The van der Waals surface area contributed by atoms with Gasteiger partial charge in [0.05, 0.1) is 5.02 Å². The Morgan fingerprint density at radius 3 is 2.57 bits per heavy atom. The van der Waals surface area contributed by atoms with E-state index in [2.05, 4.69) is 31.1 Å². The first kappa shape index (κ1) is 15.8. The molecule has 0 fully saturated rings. The lowest BCUT2D eigenvalue weighted by Crippen LogP contribution is -2.35. The lowest BCUT2D eigenvalue weighted by Gasteiger charge is -2.20. The van der Waals surface area contributed by atoms with Crippen LogP contribution in [0.1, 0.15) is 31.9 Å². The summed E-state index contributed by atoms with van der Waals surface area (Å²) in [6, 6.07) is 9.54. The number of hydrogen-bond donors (Lipinski definition) is 1. The second-order valence-electron chi connectivity index (χ2n) is 6.14. The van der Waals surface area contributed by atoms with Gasteiger partial charge in [-0.2, -0.15) is 0 Å². The molecule has 0 atom stereocenters. The number of rotatable bonds is 4. The molecular formula is C17H21ClN2O. The number of nitrogens with one attached hydrogen (secondary N) is 1. The summed E-state index contributed by atoms with van der Waals surface area (Å²) in [5.41, 5.74) is 2.30. The third-order valence-corrected chi connectivity index (χ3v) is 3.23. The number of benzene rings is 1. The van der Waals surface area contributed by atoms with Crippen molar-refractivity contribution < 1.29 is 4.74 Å². The van der Waals surface area contributed by atoms with Gasteiger partial charge in [0.2, 0.25) is 5.88 Å². The summed E-state index contributed by atoms with van der Waals surface area (Å²) in [7, 11) is 0. The van der Waals surface area contributed by atoms with E-state index in [9.17, 15) is 0 Å². The predicted molar refractivity (Wildman–Crippen MR) is 87.1 cm³/mol. The number of halogens is 1. The molecule has 2 aromatic rings. The average molecular weight is 305 g/mol. The normalized spacial score (nSPS) is 11.5. The molecule has 0 aliphatic rings. The fourth-order valence-corrected chi connectivity index (χ4v) is 1.90. The zero-order chi connectivity index (χ0) is 15.5. The fourth-order valence-electron chi connectivity index (χ4n) is 1.74. The lowest BCUT2D eigenvalue weighted by molar-refractivity contribution is 0.423. The van der Waals surface area contributed by atoms with Crippen LogP contribution in [-0.2, 0) is 6.54 Å². The Balaban J connectivity index is 2.04. The van der Waals surface area contributed by atoms with Crippen molar-refractivity contribution in [2.75, 3.05) is 0 Å². The Morgan fingerprint density at radius 1 is 1.19 bits per heavy atom. The van der Waals surface area contributed by atoms with Crippen molar-refractivity contribution in [2.45, 2.75) is 39.8 Å². The molecule has 0 aliphatic carbocycles. The Bertz CT molecular complexity index is 603. The molecule has 2 rings (SSSR count). The van der Waals surface area contributed by atoms with Crippen LogP contribution >= 0.6 is 11.6 Å². The highest BCUT2D eigenvalue weighted by Gasteiger charge is 2.09. The number of nitrogens with zero attached hydrogens (tertiary/aromatic N) is 1. The maximum atomic E-state index is 6.11. The van der Waals surface area contributed by atoms with Crippen molar-refractivity contribution in [3.8, 4) is 11.6 Å². The highest BCUT2D eigenvalue weighted by molar-refractivity contribution is 6.32. The molecule has 112 valence electrons. The van der Waals surface area contributed by atoms with Gasteiger partial charge in [-0.1, -0.05) is 23.7 Å². The monoisotopic (exact) mass is 304 g/mol. The predicted octanol–water partition coefficient (Wildman–Crippen LogP) is 4.72. The third kappa shape index (κ3) is 5.03. The molecule has 0 spiro atoms. The molecule has 0 saturated heterocycles.